The maximum atomic E-state index is 14.8. The highest BCUT2D eigenvalue weighted by atomic mass is 32.1. The Hall–Kier alpha value is -2.32. The van der Waals surface area contributed by atoms with Crippen LogP contribution in [0.15, 0.2) is 24.4 Å². The van der Waals surface area contributed by atoms with Crippen LogP contribution in [0.25, 0.3) is 21.5 Å². The summed E-state index contributed by atoms with van der Waals surface area (Å²) in [6.07, 6.45) is 2.00. The summed E-state index contributed by atoms with van der Waals surface area (Å²) in [5.74, 6) is -0.0853. The summed E-state index contributed by atoms with van der Waals surface area (Å²) in [5.41, 5.74) is -0.138. The van der Waals surface area contributed by atoms with Crippen molar-refractivity contribution in [3.63, 3.8) is 0 Å². The minimum atomic E-state index is -1.77. The van der Waals surface area contributed by atoms with Gasteiger partial charge in [-0.15, -0.1) is 10.2 Å². The quantitative estimate of drug-likeness (QED) is 0.759. The van der Waals surface area contributed by atoms with Crippen molar-refractivity contribution >= 4 is 28.0 Å². The number of alkyl halides is 1. The van der Waals surface area contributed by atoms with Gasteiger partial charge in [-0.1, -0.05) is 23.5 Å². The maximum Gasteiger partial charge on any atom is 0.177 e. The third-order valence-electron chi connectivity index (χ3n) is 4.62. The summed E-state index contributed by atoms with van der Waals surface area (Å²) in [6, 6.07) is 5.76. The van der Waals surface area contributed by atoms with E-state index in [9.17, 15) is 9.18 Å². The first-order valence-electron chi connectivity index (χ1n) is 8.53. The molecule has 3 heterocycles. The van der Waals surface area contributed by atoms with E-state index in [-0.39, 0.29) is 19.3 Å². The molecule has 3 aromatic rings. The fourth-order valence-electron chi connectivity index (χ4n) is 3.10. The van der Waals surface area contributed by atoms with Gasteiger partial charge in [-0.05, 0) is 26.1 Å². The summed E-state index contributed by atoms with van der Waals surface area (Å²) in [7, 11) is 0. The zero-order valence-corrected chi connectivity index (χ0v) is 15.1. The van der Waals surface area contributed by atoms with E-state index in [2.05, 4.69) is 25.5 Å². The average Bonchev–Trinajstić information content (AvgIpc) is 3.08. The monoisotopic (exact) mass is 371 g/mol. The summed E-state index contributed by atoms with van der Waals surface area (Å²) in [5, 5.41) is 13.8. The molecule has 26 heavy (non-hydrogen) atoms. The van der Waals surface area contributed by atoms with E-state index in [0.717, 1.165) is 21.0 Å². The Balaban J connectivity index is 1.61. The Kier molecular flexibility index (Phi) is 4.46. The molecule has 134 valence electrons. The Labute approximate surface area is 153 Å². The number of benzene rings is 1. The number of rotatable bonds is 4. The van der Waals surface area contributed by atoms with E-state index in [0.29, 0.717) is 24.4 Å². The molecule has 4 rings (SSSR count). The van der Waals surface area contributed by atoms with E-state index in [1.54, 1.807) is 6.20 Å². The predicted octanol–water partition coefficient (Wildman–Crippen LogP) is 2.66. The van der Waals surface area contributed by atoms with Crippen molar-refractivity contribution in [2.24, 2.45) is 0 Å². The van der Waals surface area contributed by atoms with Crippen molar-refractivity contribution in [3.8, 4) is 10.6 Å². The Bertz CT molecular complexity index is 967. The lowest BCUT2D eigenvalue weighted by Crippen LogP contribution is -2.45. The summed E-state index contributed by atoms with van der Waals surface area (Å²) >= 11 is 1.51. The molecule has 0 atom stereocenters. The molecular weight excluding hydrogens is 353 g/mol. The minimum absolute atomic E-state index is 0.0887. The molecular formula is C18H18FN5OS. The van der Waals surface area contributed by atoms with Crippen molar-refractivity contribution in [1.82, 2.24) is 25.5 Å². The molecule has 0 bridgehead atoms. The van der Waals surface area contributed by atoms with Gasteiger partial charge in [-0.3, -0.25) is 4.79 Å². The number of carbonyl (C=O) groups excluding carboxylic acids is 1. The second kappa shape index (κ2) is 6.77. The Morgan fingerprint density at radius 3 is 2.85 bits per heavy atom. The molecule has 6 nitrogen and oxygen atoms in total. The topological polar surface area (TPSA) is 80.7 Å². The molecule has 8 heteroatoms. The number of carbonyl (C=O) groups is 1. The number of piperidine rings is 1. The number of hydrogen-bond donors (Lipinski definition) is 1. The minimum Gasteiger partial charge on any atom is -0.316 e. The first kappa shape index (κ1) is 17.1. The number of halogens is 1. The van der Waals surface area contributed by atoms with E-state index in [1.165, 1.54) is 11.3 Å². The normalized spacial score (nSPS) is 16.7. The first-order chi connectivity index (χ1) is 12.5. The lowest BCUT2D eigenvalue weighted by Gasteiger charge is -2.28. The van der Waals surface area contributed by atoms with Gasteiger partial charge in [0.1, 0.15) is 15.8 Å². The van der Waals surface area contributed by atoms with E-state index < -0.39 is 11.5 Å². The molecule has 0 amide bonds. The van der Waals surface area contributed by atoms with Crippen molar-refractivity contribution in [1.29, 1.82) is 0 Å². The van der Waals surface area contributed by atoms with Gasteiger partial charge in [0.15, 0.2) is 11.5 Å². The van der Waals surface area contributed by atoms with Gasteiger partial charge < -0.3 is 5.32 Å². The van der Waals surface area contributed by atoms with Crippen LogP contribution in [-0.2, 0) is 11.2 Å². The van der Waals surface area contributed by atoms with Crippen LogP contribution in [0.3, 0.4) is 0 Å². The zero-order chi connectivity index (χ0) is 18.1. The highest BCUT2D eigenvalue weighted by Crippen LogP contribution is 2.27. The molecule has 2 aromatic heterocycles. The van der Waals surface area contributed by atoms with Crippen molar-refractivity contribution in [2.45, 2.75) is 31.9 Å². The highest BCUT2D eigenvalue weighted by Gasteiger charge is 2.39. The van der Waals surface area contributed by atoms with Gasteiger partial charge in [0.05, 0.1) is 11.9 Å². The van der Waals surface area contributed by atoms with Crippen molar-refractivity contribution < 1.29 is 9.18 Å². The van der Waals surface area contributed by atoms with Gasteiger partial charge in [-0.25, -0.2) is 14.4 Å². The second-order valence-corrected chi connectivity index (χ2v) is 7.68. The Morgan fingerprint density at radius 2 is 2.12 bits per heavy atom. The number of hydrogen-bond acceptors (Lipinski definition) is 7. The number of aryl methyl sites for hydroxylation is 1. The van der Waals surface area contributed by atoms with E-state index in [1.807, 2.05) is 25.1 Å². The van der Waals surface area contributed by atoms with Crippen LogP contribution in [0.2, 0.25) is 0 Å². The van der Waals surface area contributed by atoms with Gasteiger partial charge in [0.25, 0.3) is 0 Å². The highest BCUT2D eigenvalue weighted by molar-refractivity contribution is 7.14. The molecule has 0 unspecified atom stereocenters. The molecule has 1 aromatic carbocycles. The summed E-state index contributed by atoms with van der Waals surface area (Å²) in [6.45, 7) is 2.94. The van der Waals surface area contributed by atoms with Crippen LogP contribution in [0.5, 0.6) is 0 Å². The molecule has 0 saturated carbocycles. The predicted molar refractivity (Wildman–Crippen MR) is 97.8 cm³/mol. The van der Waals surface area contributed by atoms with Crippen LogP contribution in [0.1, 0.15) is 23.7 Å². The SMILES string of the molecule is Cc1nnc(-c2ccc3cnc(CC(=O)C4(F)CCNCC4)nc3c2)s1. The molecule has 1 aliphatic heterocycles. The average molecular weight is 371 g/mol. The smallest absolute Gasteiger partial charge is 0.177 e. The number of ketones is 1. The zero-order valence-electron chi connectivity index (χ0n) is 14.3. The lowest BCUT2D eigenvalue weighted by molar-refractivity contribution is -0.131. The number of Topliss-reactive ketones (excluding diaryl/α,β-unsaturated/α-hetero) is 1. The fourth-order valence-corrected chi connectivity index (χ4v) is 3.78. The fraction of sp³-hybridized carbons (Fsp3) is 0.389. The first-order valence-corrected chi connectivity index (χ1v) is 9.34. The van der Waals surface area contributed by atoms with Crippen LogP contribution < -0.4 is 5.32 Å². The second-order valence-electron chi connectivity index (χ2n) is 6.50. The molecule has 1 fully saturated rings. The Morgan fingerprint density at radius 1 is 1.31 bits per heavy atom. The molecule has 1 saturated heterocycles. The maximum absolute atomic E-state index is 14.8. The molecule has 0 spiro atoms. The van der Waals surface area contributed by atoms with E-state index in [4.69, 9.17) is 0 Å². The van der Waals surface area contributed by atoms with E-state index >= 15 is 0 Å². The number of aromatic nitrogens is 4. The van der Waals surface area contributed by atoms with Crippen molar-refractivity contribution in [2.75, 3.05) is 13.1 Å². The van der Waals surface area contributed by atoms with Gasteiger partial charge in [0, 0.05) is 30.0 Å². The molecule has 1 N–H and O–H groups in total. The van der Waals surface area contributed by atoms with Gasteiger partial charge >= 0.3 is 0 Å². The number of nitrogens with one attached hydrogen (secondary N) is 1. The molecule has 0 radical (unpaired) electrons. The lowest BCUT2D eigenvalue weighted by atomic mass is 9.88. The largest absolute Gasteiger partial charge is 0.316 e. The van der Waals surface area contributed by atoms with Crippen LogP contribution in [0.4, 0.5) is 4.39 Å². The van der Waals surface area contributed by atoms with Gasteiger partial charge in [0.2, 0.25) is 0 Å². The standard InChI is InChI=1S/C18H18FN5OS/c1-11-23-24-17(26-11)12-2-3-13-10-21-16(22-14(13)8-12)9-15(25)18(19)4-6-20-7-5-18/h2-3,8,10,20H,4-7,9H2,1H3. The van der Waals surface area contributed by atoms with Crippen LogP contribution in [0, 0.1) is 6.92 Å². The van der Waals surface area contributed by atoms with Crippen LogP contribution in [-0.4, -0.2) is 44.7 Å². The molecule has 0 aliphatic carbocycles. The summed E-state index contributed by atoms with van der Waals surface area (Å²) < 4.78 is 14.8. The third-order valence-corrected chi connectivity index (χ3v) is 5.51. The van der Waals surface area contributed by atoms with Crippen molar-refractivity contribution in [3.05, 3.63) is 35.2 Å². The number of fused-ring (bicyclic) bond motifs is 1. The third kappa shape index (κ3) is 3.34. The number of nitrogens with zero attached hydrogens (tertiary/aromatic N) is 4. The molecule has 1 aliphatic rings. The van der Waals surface area contributed by atoms with Crippen LogP contribution >= 0.6 is 11.3 Å². The van der Waals surface area contributed by atoms with Gasteiger partial charge in [-0.2, -0.15) is 0 Å². The summed E-state index contributed by atoms with van der Waals surface area (Å²) in [4.78, 5) is 21.1.